The molecular weight excluding hydrogens is 441 g/mol. The Morgan fingerprint density at radius 1 is 1.31 bits per heavy atom. The van der Waals surface area contributed by atoms with Crippen LogP contribution in [-0.2, 0) is 6.54 Å². The van der Waals surface area contributed by atoms with Crippen LogP contribution in [0.1, 0.15) is 46.1 Å². The predicted molar refractivity (Wildman–Crippen MR) is 121 cm³/mol. The Balaban J connectivity index is 0.00000625. The molecule has 0 radical (unpaired) electrons. The maximum Gasteiger partial charge on any atom is 0.213 e. The van der Waals surface area contributed by atoms with E-state index in [9.17, 15) is 0 Å². The van der Waals surface area contributed by atoms with E-state index in [4.69, 9.17) is 4.74 Å². The van der Waals surface area contributed by atoms with Crippen molar-refractivity contribution >= 4 is 29.9 Å². The van der Waals surface area contributed by atoms with Gasteiger partial charge in [-0.2, -0.15) is 0 Å². The molecule has 1 unspecified atom stereocenters. The number of rotatable bonds is 11. The Hall–Kier alpha value is -1.09. The molecule has 0 aliphatic carbocycles. The van der Waals surface area contributed by atoms with Gasteiger partial charge in [0.15, 0.2) is 5.96 Å². The van der Waals surface area contributed by atoms with E-state index in [2.05, 4.69) is 53.2 Å². The van der Waals surface area contributed by atoms with Crippen LogP contribution >= 0.6 is 24.0 Å². The van der Waals surface area contributed by atoms with Gasteiger partial charge in [0.2, 0.25) is 5.88 Å². The normalized spacial score (nSPS) is 12.5. The molecule has 1 rings (SSSR count). The first-order valence-electron chi connectivity index (χ1n) is 9.38. The number of methoxy groups -OCH3 is 1. The van der Waals surface area contributed by atoms with E-state index < -0.39 is 0 Å². The lowest BCUT2D eigenvalue weighted by Gasteiger charge is -2.21. The number of aromatic nitrogens is 1. The highest BCUT2D eigenvalue weighted by Gasteiger charge is 2.07. The van der Waals surface area contributed by atoms with Gasteiger partial charge in [0, 0.05) is 24.8 Å². The zero-order valence-corrected chi connectivity index (χ0v) is 19.2. The van der Waals surface area contributed by atoms with E-state index in [1.165, 1.54) is 6.42 Å². The van der Waals surface area contributed by atoms with Crippen molar-refractivity contribution in [2.75, 3.05) is 33.3 Å². The molecule has 1 atom stereocenters. The van der Waals surface area contributed by atoms with Crippen LogP contribution in [0.3, 0.4) is 0 Å². The Kier molecular flexibility index (Phi) is 14.4. The molecule has 0 saturated heterocycles. The summed E-state index contributed by atoms with van der Waals surface area (Å²) >= 11 is 0. The first-order chi connectivity index (χ1) is 12.1. The zero-order chi connectivity index (χ0) is 18.5. The zero-order valence-electron chi connectivity index (χ0n) is 16.9. The van der Waals surface area contributed by atoms with Gasteiger partial charge in [-0.15, -0.1) is 24.0 Å². The Morgan fingerprint density at radius 2 is 2.04 bits per heavy atom. The number of halogens is 1. The maximum absolute atomic E-state index is 5.16. The van der Waals surface area contributed by atoms with Crippen molar-refractivity contribution < 1.29 is 4.74 Å². The van der Waals surface area contributed by atoms with Crippen LogP contribution in [-0.4, -0.2) is 55.2 Å². The SMILES string of the molecule is CCNC(=NCc1ccnc(OC)c1)NC(C)CCCN(CC)CC.I. The second kappa shape index (κ2) is 15.0. The quantitative estimate of drug-likeness (QED) is 0.291. The summed E-state index contributed by atoms with van der Waals surface area (Å²) in [6, 6.07) is 4.27. The number of hydrogen-bond donors (Lipinski definition) is 2. The molecule has 1 heterocycles. The Bertz CT molecular complexity index is 508. The smallest absolute Gasteiger partial charge is 0.213 e. The van der Waals surface area contributed by atoms with Crippen LogP contribution in [0.25, 0.3) is 0 Å². The standard InChI is InChI=1S/C19H35N5O.HI/c1-6-20-19(22-15-17-11-12-21-18(14-17)25-5)23-16(4)10-9-13-24(7-2)8-3;/h11-12,14,16H,6-10,13,15H2,1-5H3,(H2,20,22,23);1H. The number of hydrogen-bond acceptors (Lipinski definition) is 4. The lowest BCUT2D eigenvalue weighted by atomic mass is 10.2. The van der Waals surface area contributed by atoms with Crippen LogP contribution in [0.5, 0.6) is 5.88 Å². The second-order valence-electron chi connectivity index (χ2n) is 6.12. The molecule has 0 saturated carbocycles. The summed E-state index contributed by atoms with van der Waals surface area (Å²) < 4.78 is 5.16. The molecule has 0 aliphatic rings. The van der Waals surface area contributed by atoms with Crippen molar-refractivity contribution in [2.24, 2.45) is 4.99 Å². The average Bonchev–Trinajstić information content (AvgIpc) is 2.63. The molecule has 0 aromatic carbocycles. The molecule has 0 aliphatic heterocycles. The molecule has 1 aromatic heterocycles. The summed E-state index contributed by atoms with van der Waals surface area (Å²) in [5.74, 6) is 1.48. The fourth-order valence-corrected chi connectivity index (χ4v) is 2.62. The number of nitrogens with one attached hydrogen (secondary N) is 2. The minimum atomic E-state index is 0. The third-order valence-corrected chi connectivity index (χ3v) is 4.16. The lowest BCUT2D eigenvalue weighted by Crippen LogP contribution is -2.42. The molecular formula is C19H36IN5O. The van der Waals surface area contributed by atoms with Gasteiger partial charge in [0.25, 0.3) is 0 Å². The van der Waals surface area contributed by atoms with Crippen LogP contribution < -0.4 is 15.4 Å². The summed E-state index contributed by atoms with van der Waals surface area (Å²) in [5.41, 5.74) is 1.08. The van der Waals surface area contributed by atoms with E-state index in [0.29, 0.717) is 18.5 Å². The van der Waals surface area contributed by atoms with Crippen LogP contribution in [0.2, 0.25) is 0 Å². The van der Waals surface area contributed by atoms with Crippen molar-refractivity contribution in [3.05, 3.63) is 23.9 Å². The highest BCUT2D eigenvalue weighted by molar-refractivity contribution is 14.0. The molecule has 0 fully saturated rings. The summed E-state index contributed by atoms with van der Waals surface area (Å²) in [7, 11) is 1.63. The molecule has 7 heteroatoms. The van der Waals surface area contributed by atoms with Crippen molar-refractivity contribution in [2.45, 2.75) is 53.1 Å². The molecule has 0 amide bonds. The molecule has 6 nitrogen and oxygen atoms in total. The maximum atomic E-state index is 5.16. The van der Waals surface area contributed by atoms with E-state index in [0.717, 1.165) is 44.1 Å². The summed E-state index contributed by atoms with van der Waals surface area (Å²) in [6.07, 6.45) is 4.07. The number of nitrogens with zero attached hydrogens (tertiary/aromatic N) is 3. The van der Waals surface area contributed by atoms with Gasteiger partial charge < -0.3 is 20.3 Å². The first-order valence-corrected chi connectivity index (χ1v) is 9.38. The predicted octanol–water partition coefficient (Wildman–Crippen LogP) is 3.27. The van der Waals surface area contributed by atoms with Gasteiger partial charge in [0.1, 0.15) is 0 Å². The largest absolute Gasteiger partial charge is 0.481 e. The van der Waals surface area contributed by atoms with Gasteiger partial charge >= 0.3 is 0 Å². The minimum Gasteiger partial charge on any atom is -0.481 e. The third-order valence-electron chi connectivity index (χ3n) is 4.16. The molecule has 26 heavy (non-hydrogen) atoms. The summed E-state index contributed by atoms with van der Waals surface area (Å²) in [6.45, 7) is 13.6. The second-order valence-corrected chi connectivity index (χ2v) is 6.12. The highest BCUT2D eigenvalue weighted by Crippen LogP contribution is 2.09. The molecule has 1 aromatic rings. The average molecular weight is 477 g/mol. The molecule has 2 N–H and O–H groups in total. The summed E-state index contributed by atoms with van der Waals surface area (Å²) in [4.78, 5) is 11.3. The van der Waals surface area contributed by atoms with Crippen molar-refractivity contribution in [1.29, 1.82) is 0 Å². The monoisotopic (exact) mass is 477 g/mol. The van der Waals surface area contributed by atoms with Gasteiger partial charge in [-0.05, 0) is 58.0 Å². The van der Waals surface area contributed by atoms with E-state index in [-0.39, 0.29) is 24.0 Å². The number of pyridine rings is 1. The van der Waals surface area contributed by atoms with Crippen LogP contribution in [0.4, 0.5) is 0 Å². The minimum absolute atomic E-state index is 0. The van der Waals surface area contributed by atoms with Gasteiger partial charge in [-0.25, -0.2) is 9.98 Å². The fourth-order valence-electron chi connectivity index (χ4n) is 2.62. The van der Waals surface area contributed by atoms with E-state index in [1.54, 1.807) is 13.3 Å². The number of ether oxygens (including phenoxy) is 1. The van der Waals surface area contributed by atoms with Crippen LogP contribution in [0, 0.1) is 0 Å². The summed E-state index contributed by atoms with van der Waals surface area (Å²) in [5, 5.41) is 6.82. The first kappa shape index (κ1) is 24.9. The molecule has 0 bridgehead atoms. The number of guanidine groups is 1. The number of aliphatic imine (C=N–C) groups is 1. The fraction of sp³-hybridized carbons (Fsp3) is 0.684. The Labute approximate surface area is 176 Å². The highest BCUT2D eigenvalue weighted by atomic mass is 127. The van der Waals surface area contributed by atoms with Crippen molar-refractivity contribution in [3.63, 3.8) is 0 Å². The molecule has 150 valence electrons. The van der Waals surface area contributed by atoms with E-state index in [1.807, 2.05) is 12.1 Å². The third kappa shape index (κ3) is 10.2. The van der Waals surface area contributed by atoms with Crippen LogP contribution in [0.15, 0.2) is 23.3 Å². The van der Waals surface area contributed by atoms with Gasteiger partial charge in [0.05, 0.1) is 13.7 Å². The van der Waals surface area contributed by atoms with Crippen molar-refractivity contribution in [1.82, 2.24) is 20.5 Å². The van der Waals surface area contributed by atoms with Gasteiger partial charge in [-0.3, -0.25) is 0 Å². The van der Waals surface area contributed by atoms with Crippen molar-refractivity contribution in [3.8, 4) is 5.88 Å². The Morgan fingerprint density at radius 3 is 2.65 bits per heavy atom. The lowest BCUT2D eigenvalue weighted by molar-refractivity contribution is 0.292. The van der Waals surface area contributed by atoms with Gasteiger partial charge in [-0.1, -0.05) is 13.8 Å². The van der Waals surface area contributed by atoms with E-state index >= 15 is 0 Å². The molecule has 0 spiro atoms. The topological polar surface area (TPSA) is 61.8 Å².